The minimum Gasteiger partial charge on any atom is -0.507 e. The van der Waals surface area contributed by atoms with E-state index in [1.807, 2.05) is 36.5 Å². The molecule has 1 aromatic heterocycles. The SMILES string of the molecule is CCC(c1cnnc(-c2ccccc2O)c1)N1CCC(C(=O)NC2CCN(CCC3CCN(c4ccc([C@H]5CCC(=O)NC5=O)cc4)CC3)CC2)(c2ccccc2)CC1. The van der Waals surface area contributed by atoms with E-state index in [-0.39, 0.29) is 41.5 Å². The maximum Gasteiger partial charge on any atom is 0.234 e. The number of benzene rings is 3. The van der Waals surface area contributed by atoms with Crippen LogP contribution < -0.4 is 15.5 Å². The fraction of sp³-hybridized carbons (Fsp3) is 0.479. The number of rotatable bonds is 12. The molecular formula is C48H59N7O4. The fourth-order valence-electron chi connectivity index (χ4n) is 10.1. The first kappa shape index (κ1) is 40.6. The van der Waals surface area contributed by atoms with E-state index in [0.29, 0.717) is 30.0 Å². The topological polar surface area (TPSA) is 131 Å². The van der Waals surface area contributed by atoms with Gasteiger partial charge in [-0.05, 0) is 117 Å². The lowest BCUT2D eigenvalue weighted by molar-refractivity contribution is -0.134. The Morgan fingerprint density at radius 1 is 0.881 bits per heavy atom. The van der Waals surface area contributed by atoms with Crippen molar-refractivity contribution in [3.63, 3.8) is 0 Å². The van der Waals surface area contributed by atoms with Gasteiger partial charge in [0.1, 0.15) is 5.75 Å². The highest BCUT2D eigenvalue weighted by molar-refractivity contribution is 6.01. The van der Waals surface area contributed by atoms with Crippen LogP contribution in [-0.2, 0) is 19.8 Å². The Labute approximate surface area is 348 Å². The second-order valence-corrected chi connectivity index (χ2v) is 17.2. The first-order chi connectivity index (χ1) is 28.8. The number of piperidine rings is 4. The van der Waals surface area contributed by atoms with Gasteiger partial charge in [0.25, 0.3) is 0 Å². The summed E-state index contributed by atoms with van der Waals surface area (Å²) in [6, 6.07) is 28.4. The van der Waals surface area contributed by atoms with Crippen LogP contribution in [0, 0.1) is 5.92 Å². The van der Waals surface area contributed by atoms with E-state index in [0.717, 1.165) is 94.6 Å². The third kappa shape index (κ3) is 9.21. The summed E-state index contributed by atoms with van der Waals surface area (Å²) in [5.74, 6) is 0.468. The van der Waals surface area contributed by atoms with Gasteiger partial charge in [0.2, 0.25) is 17.7 Å². The van der Waals surface area contributed by atoms with E-state index in [9.17, 15) is 19.5 Å². The van der Waals surface area contributed by atoms with Crippen molar-refractivity contribution in [2.75, 3.05) is 50.7 Å². The van der Waals surface area contributed by atoms with Gasteiger partial charge in [0, 0.05) is 69.0 Å². The lowest BCUT2D eigenvalue weighted by Gasteiger charge is -2.44. The normalized spacial score (nSPS) is 21.5. The van der Waals surface area contributed by atoms with E-state index < -0.39 is 5.41 Å². The average molecular weight is 798 g/mol. The number of hydrogen-bond acceptors (Lipinski definition) is 9. The molecule has 0 aliphatic carbocycles. The number of para-hydroxylation sites is 1. The molecule has 4 aromatic rings. The number of nitrogens with one attached hydrogen (secondary N) is 2. The number of amides is 3. The predicted octanol–water partition coefficient (Wildman–Crippen LogP) is 6.74. The molecule has 4 saturated heterocycles. The minimum absolute atomic E-state index is 0.134. The second kappa shape index (κ2) is 18.4. The van der Waals surface area contributed by atoms with E-state index >= 15 is 0 Å². The van der Waals surface area contributed by atoms with Crippen molar-refractivity contribution in [1.29, 1.82) is 0 Å². The average Bonchev–Trinajstić information content (AvgIpc) is 3.27. The van der Waals surface area contributed by atoms with Crippen LogP contribution in [0.2, 0.25) is 0 Å². The number of phenolic OH excluding ortho intramolecular Hbond substituents is 1. The molecule has 310 valence electrons. The molecule has 0 saturated carbocycles. The van der Waals surface area contributed by atoms with Crippen molar-refractivity contribution in [1.82, 2.24) is 30.6 Å². The van der Waals surface area contributed by atoms with Crippen molar-refractivity contribution in [2.24, 2.45) is 5.92 Å². The molecule has 0 radical (unpaired) electrons. The number of carbonyl (C=O) groups is 3. The van der Waals surface area contributed by atoms with Crippen LogP contribution >= 0.6 is 0 Å². The van der Waals surface area contributed by atoms with Crippen LogP contribution in [0.25, 0.3) is 11.3 Å². The molecule has 11 nitrogen and oxygen atoms in total. The van der Waals surface area contributed by atoms with E-state index in [4.69, 9.17) is 0 Å². The highest BCUT2D eigenvalue weighted by atomic mass is 16.3. The smallest absolute Gasteiger partial charge is 0.234 e. The van der Waals surface area contributed by atoms with Gasteiger partial charge in [0.15, 0.2) is 0 Å². The number of anilines is 1. The van der Waals surface area contributed by atoms with Crippen LogP contribution in [0.4, 0.5) is 5.69 Å². The van der Waals surface area contributed by atoms with Crippen molar-refractivity contribution in [3.05, 3.63) is 108 Å². The van der Waals surface area contributed by atoms with E-state index in [2.05, 4.69) is 91.0 Å². The lowest BCUT2D eigenvalue weighted by Crippen LogP contribution is -2.55. The van der Waals surface area contributed by atoms with E-state index in [1.54, 1.807) is 6.07 Å². The largest absolute Gasteiger partial charge is 0.507 e. The molecule has 2 atom stereocenters. The van der Waals surface area contributed by atoms with Gasteiger partial charge in [-0.25, -0.2) is 0 Å². The zero-order chi connectivity index (χ0) is 40.8. The van der Waals surface area contributed by atoms with Crippen LogP contribution in [0.15, 0.2) is 91.1 Å². The number of hydrogen-bond donors (Lipinski definition) is 3. The van der Waals surface area contributed by atoms with E-state index in [1.165, 1.54) is 24.9 Å². The molecule has 11 heteroatoms. The number of imide groups is 1. The molecule has 4 aliphatic rings. The Bertz CT molecular complexity index is 2050. The highest BCUT2D eigenvalue weighted by Gasteiger charge is 2.44. The number of likely N-dealkylation sites (tertiary alicyclic amines) is 2. The molecule has 4 aliphatic heterocycles. The number of phenols is 1. The molecule has 3 aromatic carbocycles. The first-order valence-corrected chi connectivity index (χ1v) is 21.9. The zero-order valence-electron chi connectivity index (χ0n) is 34.4. The summed E-state index contributed by atoms with van der Waals surface area (Å²) in [5, 5.41) is 25.2. The third-order valence-corrected chi connectivity index (χ3v) is 13.8. The molecule has 1 unspecified atom stereocenters. The summed E-state index contributed by atoms with van der Waals surface area (Å²) in [6.07, 6.45) is 10.7. The van der Waals surface area contributed by atoms with Gasteiger partial charge in [-0.15, -0.1) is 0 Å². The molecule has 8 rings (SSSR count). The van der Waals surface area contributed by atoms with Gasteiger partial charge in [-0.1, -0.05) is 61.5 Å². The Balaban J connectivity index is 0.808. The first-order valence-electron chi connectivity index (χ1n) is 21.9. The van der Waals surface area contributed by atoms with Gasteiger partial charge < -0.3 is 20.2 Å². The van der Waals surface area contributed by atoms with Gasteiger partial charge in [-0.2, -0.15) is 10.2 Å². The van der Waals surface area contributed by atoms with Crippen molar-refractivity contribution in [3.8, 4) is 17.0 Å². The Morgan fingerprint density at radius 2 is 1.59 bits per heavy atom. The lowest BCUT2D eigenvalue weighted by atomic mass is 9.71. The molecule has 0 bridgehead atoms. The second-order valence-electron chi connectivity index (χ2n) is 17.2. The van der Waals surface area contributed by atoms with Crippen LogP contribution in [0.5, 0.6) is 5.75 Å². The number of aromatic hydroxyl groups is 1. The Morgan fingerprint density at radius 3 is 2.29 bits per heavy atom. The van der Waals surface area contributed by atoms with Crippen LogP contribution in [0.3, 0.4) is 0 Å². The molecule has 4 fully saturated rings. The van der Waals surface area contributed by atoms with Crippen molar-refractivity contribution < 1.29 is 19.5 Å². The summed E-state index contributed by atoms with van der Waals surface area (Å²) >= 11 is 0. The summed E-state index contributed by atoms with van der Waals surface area (Å²) in [6.45, 7) is 8.99. The summed E-state index contributed by atoms with van der Waals surface area (Å²) in [4.78, 5) is 45.9. The summed E-state index contributed by atoms with van der Waals surface area (Å²) < 4.78 is 0. The molecule has 3 amide bonds. The quantitative estimate of drug-likeness (QED) is 0.134. The molecule has 59 heavy (non-hydrogen) atoms. The molecule has 0 spiro atoms. The standard InChI is InChI=1S/C48H59N7O4/c1-2-43(36-32-42(52-49-33-36)41-10-6-7-11-44(41)56)55-30-23-48(24-31-55,37-8-4-3-5-9-37)47(59)50-38-21-26-53(27-22-38)25-18-34-19-28-54(29-20-34)39-14-12-35(13-15-39)40-16-17-45(57)51-46(40)58/h3-15,32-34,38,40,43,56H,2,16-31H2,1H3,(H,50,59)(H,51,57,58)/t40-,43?/m1/s1. The zero-order valence-corrected chi connectivity index (χ0v) is 34.4. The van der Waals surface area contributed by atoms with Crippen LogP contribution in [0.1, 0.15) is 99.8 Å². The Kier molecular flexibility index (Phi) is 12.7. The number of carbonyl (C=O) groups excluding carboxylic acids is 3. The summed E-state index contributed by atoms with van der Waals surface area (Å²) in [7, 11) is 0. The maximum absolute atomic E-state index is 14.5. The van der Waals surface area contributed by atoms with Gasteiger partial charge in [0.05, 0.1) is 23.2 Å². The molecule has 5 heterocycles. The van der Waals surface area contributed by atoms with Gasteiger partial charge >= 0.3 is 0 Å². The molecular weight excluding hydrogens is 739 g/mol. The van der Waals surface area contributed by atoms with Crippen molar-refractivity contribution >= 4 is 23.4 Å². The third-order valence-electron chi connectivity index (χ3n) is 13.8. The number of aromatic nitrogens is 2. The predicted molar refractivity (Wildman–Crippen MR) is 230 cm³/mol. The van der Waals surface area contributed by atoms with Gasteiger partial charge in [-0.3, -0.25) is 24.6 Å². The Hall–Kier alpha value is -5.13. The minimum atomic E-state index is -0.574. The fourth-order valence-corrected chi connectivity index (χ4v) is 10.1. The molecule has 3 N–H and O–H groups in total. The summed E-state index contributed by atoms with van der Waals surface area (Å²) in [5.41, 5.74) is 5.13. The van der Waals surface area contributed by atoms with Crippen LogP contribution in [-0.4, -0.2) is 94.7 Å². The highest BCUT2D eigenvalue weighted by Crippen LogP contribution is 2.40. The number of nitrogens with zero attached hydrogens (tertiary/aromatic N) is 5. The monoisotopic (exact) mass is 797 g/mol. The maximum atomic E-state index is 14.5. The van der Waals surface area contributed by atoms with Crippen molar-refractivity contribution in [2.45, 2.75) is 94.5 Å².